The van der Waals surface area contributed by atoms with Crippen molar-refractivity contribution in [2.75, 3.05) is 19.5 Å². The molecule has 3 aliphatic rings. The van der Waals surface area contributed by atoms with Crippen molar-refractivity contribution in [1.82, 2.24) is 9.97 Å². The van der Waals surface area contributed by atoms with E-state index in [1.165, 1.54) is 20.3 Å². The van der Waals surface area contributed by atoms with E-state index in [9.17, 15) is 25.5 Å². The van der Waals surface area contributed by atoms with E-state index < -0.39 is 23.4 Å². The van der Waals surface area contributed by atoms with Gasteiger partial charge in [-0.15, -0.1) is 0 Å². The summed E-state index contributed by atoms with van der Waals surface area (Å²) in [5.41, 5.74) is 5.20. The number of aromatic nitrogens is 2. The number of fused-ring (bicyclic) bond motifs is 3. The number of phenolic OH excluding ortho intramolecular Hbond substituents is 4. The van der Waals surface area contributed by atoms with E-state index in [2.05, 4.69) is 22.4 Å². The fourth-order valence-electron chi connectivity index (χ4n) is 10.9. The van der Waals surface area contributed by atoms with Gasteiger partial charge in [-0.25, -0.2) is 4.98 Å². The van der Waals surface area contributed by atoms with Gasteiger partial charge >= 0.3 is 0 Å². The molecule has 0 saturated heterocycles. The second-order valence-electron chi connectivity index (χ2n) is 16.9. The van der Waals surface area contributed by atoms with E-state index in [4.69, 9.17) is 14.5 Å². The number of rotatable bonds is 9. The van der Waals surface area contributed by atoms with Crippen LogP contribution in [-0.2, 0) is 23.1 Å². The fraction of sp³-hybridized carbons (Fsp3) is 0.320. The third-order valence-electron chi connectivity index (χ3n) is 13.6. The summed E-state index contributed by atoms with van der Waals surface area (Å²) < 4.78 is 10.9. The van der Waals surface area contributed by atoms with Crippen LogP contribution in [0.3, 0.4) is 0 Å². The van der Waals surface area contributed by atoms with Gasteiger partial charge in [0.15, 0.2) is 23.0 Å². The molecule has 9 rings (SSSR count). The number of methoxy groups -OCH3 is 2. The molecule has 6 aromatic rings. The number of ketones is 1. The predicted molar refractivity (Wildman–Crippen MR) is 233 cm³/mol. The quantitative estimate of drug-likeness (QED) is 0.0769. The molecule has 1 aliphatic heterocycles. The van der Waals surface area contributed by atoms with E-state index in [0.717, 1.165) is 57.2 Å². The first-order valence-electron chi connectivity index (χ1n) is 21.0. The van der Waals surface area contributed by atoms with Crippen LogP contribution in [0.1, 0.15) is 83.9 Å². The van der Waals surface area contributed by atoms with Crippen LogP contribution in [0.5, 0.6) is 34.5 Å². The number of phenols is 4. The molecule has 0 radical (unpaired) electrons. The zero-order valence-corrected chi connectivity index (χ0v) is 34.2. The first-order chi connectivity index (χ1) is 29.6. The topological polar surface area (TPSA) is 176 Å². The Morgan fingerprint density at radius 1 is 0.951 bits per heavy atom. The van der Waals surface area contributed by atoms with Crippen LogP contribution in [0.4, 0.5) is 11.5 Å². The van der Waals surface area contributed by atoms with Crippen LogP contribution in [0.2, 0.25) is 0 Å². The standard InChI is InChI=1S/C50H50N3O8/c1-60-43-19-28(7-13-39(43)55)8-14-40(56)48-41(57)23-32(33-24-42(58)49(59)44(25-33)61-2)20-29-9-10-30-21-37(54)22-31-11-12-38(47(29)46(30)31)53-45-27-35(15-18-52-45)50(48)16-3-5-34(50)26-36-6-4-17-51-36/h4,6-7,9-13,15,17-19,21-22,24-25,27,29,32,34,40,48,54-56,58-59H,3,5,8,14,16,20,23,26H2,1-2H3,(H,52,53)/q-1. The van der Waals surface area contributed by atoms with E-state index in [-0.39, 0.29) is 59.2 Å². The molecule has 0 amide bonds. The lowest BCUT2D eigenvalue weighted by atomic mass is 9.58. The first kappa shape index (κ1) is 40.0. The van der Waals surface area contributed by atoms with Crippen molar-refractivity contribution < 1.29 is 39.8 Å². The number of aryl methyl sites for hydroxylation is 1. The van der Waals surface area contributed by atoms with Gasteiger partial charge in [0.05, 0.1) is 26.2 Å². The molecule has 3 heterocycles. The summed E-state index contributed by atoms with van der Waals surface area (Å²) in [4.78, 5) is 25.4. The van der Waals surface area contributed by atoms with Crippen LogP contribution < -0.4 is 19.8 Å². The van der Waals surface area contributed by atoms with Gasteiger partial charge in [-0.05, 0) is 144 Å². The van der Waals surface area contributed by atoms with Gasteiger partial charge in [0.1, 0.15) is 17.4 Å². The molecule has 2 aromatic heterocycles. The van der Waals surface area contributed by atoms with Gasteiger partial charge in [0.25, 0.3) is 0 Å². The van der Waals surface area contributed by atoms with Crippen LogP contribution in [0.25, 0.3) is 16.8 Å². The second kappa shape index (κ2) is 16.2. The highest BCUT2D eigenvalue weighted by molar-refractivity contribution is 6.00. The zero-order chi connectivity index (χ0) is 42.4. The predicted octanol–water partition coefficient (Wildman–Crippen LogP) is 8.92. The molecule has 4 aromatic carbocycles. The highest BCUT2D eigenvalue weighted by Gasteiger charge is 2.54. The lowest BCUT2D eigenvalue weighted by Gasteiger charge is -2.45. The molecule has 6 N–H and O–H groups in total. The van der Waals surface area contributed by atoms with Crippen molar-refractivity contribution in [3.05, 3.63) is 131 Å². The maximum atomic E-state index is 15.9. The second-order valence-corrected chi connectivity index (χ2v) is 16.9. The average Bonchev–Trinajstić information content (AvgIpc) is 3.93. The van der Waals surface area contributed by atoms with Crippen molar-refractivity contribution in [2.45, 2.75) is 74.7 Å². The molecule has 11 nitrogen and oxygen atoms in total. The molecule has 314 valence electrons. The SMILES string of the molecule is COc1cc(CCC(O)C2C(=O)CC(c3cc(O)c(O)c(OC)c3)CC3C=Cc4cc(O)cc5ccc(c3c45)Nc3cc(ccn3)C23CCCC3Cc2ccc[n-]2)ccc1O. The molecule has 6 atom stereocenters. The fourth-order valence-corrected chi connectivity index (χ4v) is 10.9. The number of pyridine rings is 1. The van der Waals surface area contributed by atoms with Crippen molar-refractivity contribution in [1.29, 1.82) is 0 Å². The van der Waals surface area contributed by atoms with Crippen molar-refractivity contribution in [3.8, 4) is 34.5 Å². The normalized spacial score (nSPS) is 22.6. The Morgan fingerprint density at radius 3 is 2.61 bits per heavy atom. The Kier molecular flexibility index (Phi) is 10.6. The molecule has 1 fully saturated rings. The number of carbonyl (C=O) groups is 1. The third kappa shape index (κ3) is 7.30. The summed E-state index contributed by atoms with van der Waals surface area (Å²) in [6.45, 7) is 0. The van der Waals surface area contributed by atoms with Crippen molar-refractivity contribution in [2.24, 2.45) is 11.8 Å². The summed E-state index contributed by atoms with van der Waals surface area (Å²) >= 11 is 0. The van der Waals surface area contributed by atoms with Crippen molar-refractivity contribution in [3.63, 3.8) is 0 Å². The van der Waals surface area contributed by atoms with Gasteiger partial charge in [-0.2, -0.15) is 11.9 Å². The minimum atomic E-state index is -1.08. The van der Waals surface area contributed by atoms with Crippen LogP contribution in [-0.4, -0.2) is 56.6 Å². The van der Waals surface area contributed by atoms with Gasteiger partial charge in [-0.3, -0.25) is 4.79 Å². The number of benzene rings is 4. The van der Waals surface area contributed by atoms with Gasteiger partial charge in [0, 0.05) is 29.6 Å². The van der Waals surface area contributed by atoms with Crippen molar-refractivity contribution >= 4 is 34.1 Å². The van der Waals surface area contributed by atoms with Gasteiger partial charge in [-0.1, -0.05) is 42.8 Å². The maximum absolute atomic E-state index is 15.9. The number of aliphatic hydroxyl groups is 1. The molecular formula is C50H50N3O8-. The number of hydrogen-bond donors (Lipinski definition) is 6. The molecular weight excluding hydrogens is 771 g/mol. The summed E-state index contributed by atoms with van der Waals surface area (Å²) in [7, 11) is 2.92. The molecule has 2 bridgehead atoms. The van der Waals surface area contributed by atoms with Gasteiger partial charge in [0.2, 0.25) is 5.75 Å². The lowest BCUT2D eigenvalue weighted by molar-refractivity contribution is -0.132. The number of nitrogens with zero attached hydrogens (tertiary/aromatic N) is 2. The van der Waals surface area contributed by atoms with Crippen LogP contribution in [0.15, 0.2) is 97.3 Å². The van der Waals surface area contributed by atoms with Crippen LogP contribution >= 0.6 is 0 Å². The lowest BCUT2D eigenvalue weighted by Crippen LogP contribution is -2.50. The number of aliphatic hydroxyl groups excluding tert-OH is 1. The van der Waals surface area contributed by atoms with E-state index in [1.807, 2.05) is 36.4 Å². The largest absolute Gasteiger partial charge is 0.668 e. The number of ether oxygens (including phenoxy) is 2. The zero-order valence-electron chi connectivity index (χ0n) is 34.2. The Hall–Kier alpha value is -6.46. The van der Waals surface area contributed by atoms with Crippen LogP contribution in [0, 0.1) is 11.8 Å². The van der Waals surface area contributed by atoms with E-state index in [1.54, 1.807) is 48.8 Å². The summed E-state index contributed by atoms with van der Waals surface area (Å²) in [5.74, 6) is -1.29. The number of Topliss-reactive ketones (excluding diaryl/α,β-unsaturated/α-hetero) is 1. The monoisotopic (exact) mass is 820 g/mol. The number of carbonyl (C=O) groups excluding carboxylic acids is 1. The summed E-state index contributed by atoms with van der Waals surface area (Å²) in [6.07, 6.45) is 10.7. The molecule has 1 saturated carbocycles. The number of hydrogen-bond acceptors (Lipinski definition) is 10. The summed E-state index contributed by atoms with van der Waals surface area (Å²) in [5, 5.41) is 61.1. The molecule has 11 heteroatoms. The Morgan fingerprint density at radius 2 is 1.80 bits per heavy atom. The molecule has 2 aliphatic carbocycles. The van der Waals surface area contributed by atoms with E-state index >= 15 is 4.79 Å². The number of anilines is 2. The third-order valence-corrected chi connectivity index (χ3v) is 13.6. The Labute approximate surface area is 354 Å². The minimum Gasteiger partial charge on any atom is -0.668 e. The number of aromatic hydroxyl groups is 4. The molecule has 6 unspecified atom stereocenters. The number of nitrogens with one attached hydrogen (secondary N) is 1. The Bertz CT molecular complexity index is 2640. The Balaban J connectivity index is 1.24. The highest BCUT2D eigenvalue weighted by Crippen LogP contribution is 2.56. The maximum Gasteiger partial charge on any atom is 0.200 e. The van der Waals surface area contributed by atoms with E-state index in [0.29, 0.717) is 42.8 Å². The molecule has 1 spiro atoms. The minimum absolute atomic E-state index is 0.0217. The number of allylic oxidation sites excluding steroid dienone is 1. The van der Waals surface area contributed by atoms with Gasteiger partial charge < -0.3 is 45.3 Å². The molecule has 61 heavy (non-hydrogen) atoms. The summed E-state index contributed by atoms with van der Waals surface area (Å²) in [6, 6.07) is 23.8. The average molecular weight is 821 g/mol. The highest BCUT2D eigenvalue weighted by atomic mass is 16.5. The smallest absolute Gasteiger partial charge is 0.200 e. The first-order valence-corrected chi connectivity index (χ1v) is 21.0.